The molecule has 0 bridgehead atoms. The van der Waals surface area contributed by atoms with Crippen molar-refractivity contribution in [2.75, 3.05) is 6.61 Å². The van der Waals surface area contributed by atoms with Crippen LogP contribution in [0.5, 0.6) is 0 Å². The predicted molar refractivity (Wildman–Crippen MR) is 67.5 cm³/mol. The maximum absolute atomic E-state index is 9.55. The van der Waals surface area contributed by atoms with Crippen molar-refractivity contribution in [3.05, 3.63) is 0 Å². The van der Waals surface area contributed by atoms with Crippen LogP contribution in [-0.4, -0.2) is 23.9 Å². The van der Waals surface area contributed by atoms with Crippen molar-refractivity contribution in [1.29, 1.82) is 0 Å². The minimum atomic E-state index is -0.289. The van der Waals surface area contributed by atoms with Crippen molar-refractivity contribution in [3.8, 4) is 0 Å². The quantitative estimate of drug-likeness (QED) is 0.799. The summed E-state index contributed by atoms with van der Waals surface area (Å²) in [6.45, 7) is 9.41. The molecule has 0 aliphatic heterocycles. The highest BCUT2D eigenvalue weighted by molar-refractivity contribution is 4.84. The van der Waals surface area contributed by atoms with Crippen LogP contribution < -0.4 is 0 Å². The number of aliphatic hydroxyl groups is 1. The van der Waals surface area contributed by atoms with E-state index in [1.54, 1.807) is 0 Å². The largest absolute Gasteiger partial charge is 0.391 e. The van der Waals surface area contributed by atoms with Crippen molar-refractivity contribution < 1.29 is 9.84 Å². The molecule has 1 saturated carbocycles. The second-order valence-corrected chi connectivity index (χ2v) is 6.19. The Morgan fingerprint density at radius 3 is 2.44 bits per heavy atom. The Morgan fingerprint density at radius 1 is 1.25 bits per heavy atom. The fourth-order valence-corrected chi connectivity index (χ4v) is 2.64. The average molecular weight is 228 g/mol. The van der Waals surface area contributed by atoms with E-state index in [9.17, 15) is 5.11 Å². The molecule has 1 fully saturated rings. The highest BCUT2D eigenvalue weighted by Gasteiger charge is 2.34. The average Bonchev–Trinajstić information content (AvgIpc) is 2.25. The monoisotopic (exact) mass is 228 g/mol. The SMILES string of the molecule is CCC(O)CO[C@@H]1CCCC[C@H]1C(C)(C)C. The second-order valence-electron chi connectivity index (χ2n) is 6.19. The molecule has 0 aromatic rings. The van der Waals surface area contributed by atoms with Gasteiger partial charge in [-0.2, -0.15) is 0 Å². The van der Waals surface area contributed by atoms with Crippen LogP contribution in [0.2, 0.25) is 0 Å². The molecular formula is C14H28O2. The van der Waals surface area contributed by atoms with Gasteiger partial charge in [0.1, 0.15) is 0 Å². The Labute approximate surface area is 100 Å². The summed E-state index contributed by atoms with van der Waals surface area (Å²) in [6.07, 6.45) is 5.90. The third kappa shape index (κ3) is 4.06. The molecule has 0 aromatic carbocycles. The molecule has 16 heavy (non-hydrogen) atoms. The molecule has 2 heteroatoms. The molecular weight excluding hydrogens is 200 g/mol. The van der Waals surface area contributed by atoms with Gasteiger partial charge in [0.25, 0.3) is 0 Å². The first-order valence-electron chi connectivity index (χ1n) is 6.74. The van der Waals surface area contributed by atoms with Gasteiger partial charge in [0.2, 0.25) is 0 Å². The Kier molecular flexibility index (Phi) is 5.26. The van der Waals surface area contributed by atoms with Crippen molar-refractivity contribution >= 4 is 0 Å². The van der Waals surface area contributed by atoms with Gasteiger partial charge in [-0.15, -0.1) is 0 Å². The highest BCUT2D eigenvalue weighted by Crippen LogP contribution is 2.39. The van der Waals surface area contributed by atoms with Crippen LogP contribution in [0.1, 0.15) is 59.8 Å². The fraction of sp³-hybridized carbons (Fsp3) is 1.00. The van der Waals surface area contributed by atoms with Gasteiger partial charge in [0.05, 0.1) is 18.8 Å². The molecule has 1 N–H and O–H groups in total. The van der Waals surface area contributed by atoms with E-state index in [-0.39, 0.29) is 6.10 Å². The summed E-state index contributed by atoms with van der Waals surface area (Å²) < 4.78 is 5.92. The fourth-order valence-electron chi connectivity index (χ4n) is 2.64. The van der Waals surface area contributed by atoms with Gasteiger partial charge >= 0.3 is 0 Å². The Hall–Kier alpha value is -0.0800. The first kappa shape index (κ1) is 14.0. The second kappa shape index (κ2) is 6.02. The van der Waals surface area contributed by atoms with Crippen LogP contribution in [0.4, 0.5) is 0 Å². The number of aliphatic hydroxyl groups excluding tert-OH is 1. The lowest BCUT2D eigenvalue weighted by atomic mass is 9.70. The Bertz CT molecular complexity index is 195. The molecule has 1 aliphatic rings. The number of ether oxygens (including phenoxy) is 1. The van der Waals surface area contributed by atoms with Crippen LogP contribution in [0.3, 0.4) is 0 Å². The zero-order valence-corrected chi connectivity index (χ0v) is 11.3. The lowest BCUT2D eigenvalue weighted by molar-refractivity contribution is -0.0756. The zero-order chi connectivity index (χ0) is 12.2. The van der Waals surface area contributed by atoms with E-state index in [0.29, 0.717) is 24.0 Å². The number of hydrogen-bond acceptors (Lipinski definition) is 2. The zero-order valence-electron chi connectivity index (χ0n) is 11.3. The van der Waals surface area contributed by atoms with E-state index >= 15 is 0 Å². The summed E-state index contributed by atoms with van der Waals surface area (Å²) in [5.41, 5.74) is 0.322. The minimum absolute atomic E-state index is 0.289. The molecule has 0 spiro atoms. The highest BCUT2D eigenvalue weighted by atomic mass is 16.5. The van der Waals surface area contributed by atoms with E-state index in [1.807, 2.05) is 6.92 Å². The van der Waals surface area contributed by atoms with E-state index in [4.69, 9.17) is 4.74 Å². The third-order valence-corrected chi connectivity index (χ3v) is 3.79. The van der Waals surface area contributed by atoms with E-state index in [0.717, 1.165) is 6.42 Å². The molecule has 1 aliphatic carbocycles. The molecule has 3 atom stereocenters. The lowest BCUT2D eigenvalue weighted by Crippen LogP contribution is -2.38. The number of hydrogen-bond donors (Lipinski definition) is 1. The van der Waals surface area contributed by atoms with Crippen LogP contribution in [0.15, 0.2) is 0 Å². The van der Waals surface area contributed by atoms with Crippen molar-refractivity contribution in [2.24, 2.45) is 11.3 Å². The van der Waals surface area contributed by atoms with Gasteiger partial charge in [-0.05, 0) is 30.6 Å². The number of rotatable bonds is 4. The molecule has 0 aromatic heterocycles. The maximum Gasteiger partial charge on any atom is 0.0771 e. The smallest absolute Gasteiger partial charge is 0.0771 e. The standard InChI is InChI=1S/C14H28O2/c1-5-11(15)10-16-13-9-7-6-8-12(13)14(2,3)4/h11-13,15H,5-10H2,1-4H3/t11?,12-,13-/m1/s1. The van der Waals surface area contributed by atoms with Gasteiger partial charge in [-0.1, -0.05) is 40.5 Å². The topological polar surface area (TPSA) is 29.5 Å². The van der Waals surface area contributed by atoms with Crippen LogP contribution in [0, 0.1) is 11.3 Å². The van der Waals surface area contributed by atoms with Gasteiger partial charge in [-0.3, -0.25) is 0 Å². The van der Waals surface area contributed by atoms with E-state index < -0.39 is 0 Å². The van der Waals surface area contributed by atoms with Crippen molar-refractivity contribution in [3.63, 3.8) is 0 Å². The summed E-state index contributed by atoms with van der Waals surface area (Å²) in [4.78, 5) is 0. The molecule has 2 nitrogen and oxygen atoms in total. The molecule has 0 amide bonds. The maximum atomic E-state index is 9.55. The summed E-state index contributed by atoms with van der Waals surface area (Å²) in [7, 11) is 0. The van der Waals surface area contributed by atoms with Crippen LogP contribution in [0.25, 0.3) is 0 Å². The third-order valence-electron chi connectivity index (χ3n) is 3.79. The first-order valence-corrected chi connectivity index (χ1v) is 6.74. The van der Waals surface area contributed by atoms with E-state index in [2.05, 4.69) is 20.8 Å². The summed E-state index contributed by atoms with van der Waals surface area (Å²) >= 11 is 0. The molecule has 0 radical (unpaired) electrons. The van der Waals surface area contributed by atoms with Gasteiger partial charge in [-0.25, -0.2) is 0 Å². The lowest BCUT2D eigenvalue weighted by Gasteiger charge is -2.40. The van der Waals surface area contributed by atoms with Crippen molar-refractivity contribution in [2.45, 2.75) is 72.0 Å². The predicted octanol–water partition coefficient (Wildman–Crippen LogP) is 3.38. The summed E-state index contributed by atoms with van der Waals surface area (Å²) in [5.74, 6) is 0.644. The first-order chi connectivity index (χ1) is 7.45. The molecule has 0 saturated heterocycles. The van der Waals surface area contributed by atoms with E-state index in [1.165, 1.54) is 25.7 Å². The molecule has 1 unspecified atom stereocenters. The minimum Gasteiger partial charge on any atom is -0.391 e. The van der Waals surface area contributed by atoms with Gasteiger partial charge in [0.15, 0.2) is 0 Å². The normalized spacial score (nSPS) is 29.1. The Balaban J connectivity index is 2.47. The molecule has 0 heterocycles. The molecule has 96 valence electrons. The van der Waals surface area contributed by atoms with Gasteiger partial charge < -0.3 is 9.84 Å². The van der Waals surface area contributed by atoms with Crippen LogP contribution >= 0.6 is 0 Å². The van der Waals surface area contributed by atoms with Crippen LogP contribution in [-0.2, 0) is 4.74 Å². The van der Waals surface area contributed by atoms with Gasteiger partial charge in [0, 0.05) is 0 Å². The Morgan fingerprint density at radius 2 is 1.88 bits per heavy atom. The van der Waals surface area contributed by atoms with Crippen molar-refractivity contribution in [1.82, 2.24) is 0 Å². The summed E-state index contributed by atoms with van der Waals surface area (Å²) in [5, 5.41) is 9.55. The molecule has 1 rings (SSSR count). The summed E-state index contributed by atoms with van der Waals surface area (Å²) in [6, 6.07) is 0.